The van der Waals surface area contributed by atoms with E-state index < -0.39 is 0 Å². The Balaban J connectivity index is 2.65. The minimum absolute atomic E-state index is 0.377. The normalized spacial score (nSPS) is 10.6. The fourth-order valence-electron chi connectivity index (χ4n) is 1.38. The maximum atomic E-state index is 11.3. The van der Waals surface area contributed by atoms with Crippen LogP contribution in [0.3, 0.4) is 0 Å². The van der Waals surface area contributed by atoms with E-state index in [1.807, 2.05) is 6.07 Å². The van der Waals surface area contributed by atoms with Gasteiger partial charge in [0.2, 0.25) is 0 Å². The van der Waals surface area contributed by atoms with Crippen molar-refractivity contribution in [1.82, 2.24) is 4.98 Å². The number of methoxy groups -OCH3 is 1. The quantitative estimate of drug-likeness (QED) is 0.642. The van der Waals surface area contributed by atoms with Crippen LogP contribution < -0.4 is 0 Å². The maximum Gasteiger partial charge on any atom is 0.354 e. The van der Waals surface area contributed by atoms with Gasteiger partial charge < -0.3 is 9.72 Å². The molecule has 0 unspecified atom stereocenters. The molecule has 0 spiro atoms. The Morgan fingerprint density at radius 1 is 1.47 bits per heavy atom. The van der Waals surface area contributed by atoms with Gasteiger partial charge in [0.15, 0.2) is 0 Å². The first-order valence-corrected chi connectivity index (χ1v) is 5.63. The molecule has 0 fully saturated rings. The first kappa shape index (κ1) is 10.8. The molecule has 0 aliphatic carbocycles. The minimum Gasteiger partial charge on any atom is -0.464 e. The monoisotopic (exact) mass is 335 g/mol. The summed E-state index contributed by atoms with van der Waals surface area (Å²) in [5.41, 5.74) is 1.28. The molecule has 0 saturated heterocycles. The third-order valence-corrected chi connectivity index (χ3v) is 3.17. The van der Waals surface area contributed by atoms with Gasteiger partial charge in [0.05, 0.1) is 7.11 Å². The Kier molecular flexibility index (Phi) is 2.88. The Bertz CT molecular complexity index is 535. The zero-order chi connectivity index (χ0) is 11.0. The number of ether oxygens (including phenoxy) is 1. The second-order valence-corrected chi connectivity index (χ2v) is 4.62. The van der Waals surface area contributed by atoms with Crippen molar-refractivity contribution in [3.8, 4) is 0 Å². The van der Waals surface area contributed by atoms with Gasteiger partial charge in [-0.15, -0.1) is 0 Å². The number of hydrogen-bond acceptors (Lipinski definition) is 2. The molecule has 0 saturated carbocycles. The lowest BCUT2D eigenvalue weighted by molar-refractivity contribution is 0.0595. The van der Waals surface area contributed by atoms with Gasteiger partial charge in [-0.05, 0) is 40.8 Å². The summed E-state index contributed by atoms with van der Waals surface area (Å²) < 4.78 is 5.63. The van der Waals surface area contributed by atoms with Crippen LogP contribution in [-0.2, 0) is 4.74 Å². The van der Waals surface area contributed by atoms with E-state index >= 15 is 0 Å². The Morgan fingerprint density at radius 2 is 2.20 bits per heavy atom. The number of carbonyl (C=O) groups excluding carboxylic acids is 1. The summed E-state index contributed by atoms with van der Waals surface area (Å²) in [6.45, 7) is 0. The second kappa shape index (κ2) is 4.02. The van der Waals surface area contributed by atoms with E-state index in [0.717, 1.165) is 14.5 Å². The average Bonchev–Trinajstić information content (AvgIpc) is 2.60. The molecule has 3 nitrogen and oxygen atoms in total. The smallest absolute Gasteiger partial charge is 0.354 e. The van der Waals surface area contributed by atoms with Crippen LogP contribution in [0.5, 0.6) is 0 Å². The summed E-state index contributed by atoms with van der Waals surface area (Å²) in [6, 6.07) is 5.39. The van der Waals surface area contributed by atoms with Crippen LogP contribution in [0.15, 0.2) is 18.2 Å². The molecule has 5 heteroatoms. The van der Waals surface area contributed by atoms with E-state index in [0.29, 0.717) is 10.7 Å². The third kappa shape index (κ3) is 1.96. The number of hydrogen-bond donors (Lipinski definition) is 1. The van der Waals surface area contributed by atoms with Crippen LogP contribution >= 0.6 is 34.2 Å². The summed E-state index contributed by atoms with van der Waals surface area (Å²) >= 11 is 8.08. The van der Waals surface area contributed by atoms with Crippen LogP contribution in [0.4, 0.5) is 0 Å². The highest BCUT2D eigenvalue weighted by molar-refractivity contribution is 14.1. The van der Waals surface area contributed by atoms with Gasteiger partial charge in [0, 0.05) is 19.5 Å². The molecule has 0 atom stereocenters. The number of H-pyrrole nitrogens is 1. The van der Waals surface area contributed by atoms with Crippen LogP contribution in [0.25, 0.3) is 10.9 Å². The lowest BCUT2D eigenvalue weighted by Crippen LogP contribution is -2.00. The first-order chi connectivity index (χ1) is 7.11. The van der Waals surface area contributed by atoms with Crippen molar-refractivity contribution in [3.63, 3.8) is 0 Å². The molecule has 1 heterocycles. The van der Waals surface area contributed by atoms with Gasteiger partial charge in [0.1, 0.15) is 5.69 Å². The number of benzene rings is 1. The molecular formula is C10H7ClINO2. The second-order valence-electron chi connectivity index (χ2n) is 3.02. The molecule has 2 rings (SSSR count). The van der Waals surface area contributed by atoms with E-state index in [9.17, 15) is 4.79 Å². The molecule has 0 aliphatic heterocycles. The van der Waals surface area contributed by atoms with Crippen LogP contribution in [-0.4, -0.2) is 18.1 Å². The number of rotatable bonds is 1. The number of aromatic amines is 1. The van der Waals surface area contributed by atoms with Crippen molar-refractivity contribution < 1.29 is 9.53 Å². The number of nitrogens with one attached hydrogen (secondary N) is 1. The molecular weight excluding hydrogens is 328 g/mol. The molecule has 1 N–H and O–H groups in total. The summed E-state index contributed by atoms with van der Waals surface area (Å²) in [7, 11) is 1.35. The van der Waals surface area contributed by atoms with Crippen LogP contribution in [0.2, 0.25) is 5.02 Å². The molecule has 78 valence electrons. The highest BCUT2D eigenvalue weighted by atomic mass is 127. The van der Waals surface area contributed by atoms with Crippen LogP contribution in [0.1, 0.15) is 10.5 Å². The number of fused-ring (bicyclic) bond motifs is 1. The Morgan fingerprint density at radius 3 is 2.87 bits per heavy atom. The van der Waals surface area contributed by atoms with Crippen molar-refractivity contribution in [1.29, 1.82) is 0 Å². The van der Waals surface area contributed by atoms with Crippen LogP contribution in [0, 0.1) is 3.57 Å². The van der Waals surface area contributed by atoms with Crippen molar-refractivity contribution in [2.45, 2.75) is 0 Å². The fraction of sp³-hybridized carbons (Fsp3) is 0.100. The first-order valence-electron chi connectivity index (χ1n) is 4.18. The molecule has 0 radical (unpaired) electrons. The molecule has 0 aliphatic rings. The van der Waals surface area contributed by atoms with Crippen molar-refractivity contribution in [2.75, 3.05) is 7.11 Å². The van der Waals surface area contributed by atoms with Gasteiger partial charge >= 0.3 is 5.97 Å². The van der Waals surface area contributed by atoms with E-state index in [-0.39, 0.29) is 5.97 Å². The van der Waals surface area contributed by atoms with Gasteiger partial charge in [-0.1, -0.05) is 11.6 Å². The average molecular weight is 336 g/mol. The SMILES string of the molecule is COC(=O)c1cc2c(I)cc(Cl)cc2[nH]1. The van der Waals surface area contributed by atoms with Crippen molar-refractivity contribution in [2.24, 2.45) is 0 Å². The lowest BCUT2D eigenvalue weighted by Gasteiger charge is -1.94. The molecule has 1 aromatic carbocycles. The van der Waals surface area contributed by atoms with Crippen molar-refractivity contribution in [3.05, 3.63) is 32.5 Å². The predicted octanol–water partition coefficient (Wildman–Crippen LogP) is 3.21. The van der Waals surface area contributed by atoms with Gasteiger partial charge in [-0.2, -0.15) is 0 Å². The topological polar surface area (TPSA) is 42.1 Å². The molecule has 15 heavy (non-hydrogen) atoms. The molecule has 1 aromatic heterocycles. The third-order valence-electron chi connectivity index (χ3n) is 2.06. The van der Waals surface area contributed by atoms with E-state index in [4.69, 9.17) is 11.6 Å². The maximum absolute atomic E-state index is 11.3. The highest BCUT2D eigenvalue weighted by Crippen LogP contribution is 2.26. The summed E-state index contributed by atoms with van der Waals surface area (Å²) in [5.74, 6) is -0.377. The zero-order valence-corrected chi connectivity index (χ0v) is 10.7. The highest BCUT2D eigenvalue weighted by Gasteiger charge is 2.11. The summed E-state index contributed by atoms with van der Waals surface area (Å²) in [5, 5.41) is 1.62. The zero-order valence-electron chi connectivity index (χ0n) is 7.80. The van der Waals surface area contributed by atoms with Gasteiger partial charge in [-0.3, -0.25) is 0 Å². The Hall–Kier alpha value is -0.750. The van der Waals surface area contributed by atoms with E-state index in [1.54, 1.807) is 12.1 Å². The number of aromatic nitrogens is 1. The minimum atomic E-state index is -0.377. The summed E-state index contributed by atoms with van der Waals surface area (Å²) in [4.78, 5) is 14.3. The number of carbonyl (C=O) groups is 1. The molecule has 2 aromatic rings. The largest absolute Gasteiger partial charge is 0.464 e. The van der Waals surface area contributed by atoms with E-state index in [1.165, 1.54) is 7.11 Å². The lowest BCUT2D eigenvalue weighted by atomic mass is 10.2. The number of esters is 1. The fourth-order valence-corrected chi connectivity index (χ4v) is 2.56. The van der Waals surface area contributed by atoms with E-state index in [2.05, 4.69) is 32.3 Å². The molecule has 0 amide bonds. The van der Waals surface area contributed by atoms with Gasteiger partial charge in [0.25, 0.3) is 0 Å². The standard InChI is InChI=1S/C10H7ClINO2/c1-15-10(14)9-4-6-7(12)2-5(11)3-8(6)13-9/h2-4,13H,1H3. The van der Waals surface area contributed by atoms with Crippen molar-refractivity contribution >= 4 is 51.1 Å². The van der Waals surface area contributed by atoms with Gasteiger partial charge in [-0.25, -0.2) is 4.79 Å². The number of halogens is 2. The Labute approximate surface area is 105 Å². The summed E-state index contributed by atoms with van der Waals surface area (Å²) in [6.07, 6.45) is 0. The molecule has 0 bridgehead atoms. The predicted molar refractivity (Wildman–Crippen MR) is 67.4 cm³/mol.